The summed E-state index contributed by atoms with van der Waals surface area (Å²) in [7, 11) is 0. The van der Waals surface area contributed by atoms with Gasteiger partial charge in [0.2, 0.25) is 5.91 Å². The molecule has 1 amide bonds. The van der Waals surface area contributed by atoms with Gasteiger partial charge in [0.15, 0.2) is 5.78 Å². The maximum absolute atomic E-state index is 12.4. The number of amides is 1. The lowest BCUT2D eigenvalue weighted by Gasteiger charge is -2.35. The minimum Gasteiger partial charge on any atom is -0.494 e. The number of pyridine rings is 1. The van der Waals surface area contributed by atoms with E-state index in [9.17, 15) is 9.59 Å². The highest BCUT2D eigenvalue weighted by atomic mass is 16.5. The number of hydrogen-bond acceptors (Lipinski definition) is 5. The number of nitrogens with zero attached hydrogens (tertiary/aromatic N) is 3. The Hall–Kier alpha value is -2.89. The first-order valence-electron chi connectivity index (χ1n) is 9.31. The van der Waals surface area contributed by atoms with Crippen LogP contribution >= 0.6 is 0 Å². The summed E-state index contributed by atoms with van der Waals surface area (Å²) in [5, 5.41) is 0. The molecule has 0 unspecified atom stereocenters. The molecule has 1 saturated heterocycles. The number of benzene rings is 1. The van der Waals surface area contributed by atoms with Crippen molar-refractivity contribution in [3.05, 3.63) is 54.2 Å². The van der Waals surface area contributed by atoms with Crippen molar-refractivity contribution in [2.45, 2.75) is 19.8 Å². The van der Waals surface area contributed by atoms with E-state index in [2.05, 4.69) is 9.88 Å². The molecule has 0 N–H and O–H groups in total. The molecule has 1 aromatic heterocycles. The first kappa shape index (κ1) is 18.9. The number of Topliss-reactive ketones (excluding diaryl/α,β-unsaturated/α-hetero) is 1. The predicted octanol–water partition coefficient (Wildman–Crippen LogP) is 2.79. The lowest BCUT2D eigenvalue weighted by molar-refractivity contribution is -0.131. The normalized spacial score (nSPS) is 14.1. The second kappa shape index (κ2) is 9.16. The third kappa shape index (κ3) is 5.29. The Morgan fingerprint density at radius 2 is 1.78 bits per heavy atom. The molecule has 0 bridgehead atoms. The van der Waals surface area contributed by atoms with E-state index in [0.717, 1.165) is 37.7 Å². The number of hydrogen-bond donors (Lipinski definition) is 0. The summed E-state index contributed by atoms with van der Waals surface area (Å²) < 4.78 is 5.65. The van der Waals surface area contributed by atoms with Gasteiger partial charge >= 0.3 is 0 Å². The zero-order valence-corrected chi connectivity index (χ0v) is 15.6. The number of carbonyl (C=O) groups is 2. The van der Waals surface area contributed by atoms with E-state index in [4.69, 9.17) is 4.74 Å². The van der Waals surface area contributed by atoms with Gasteiger partial charge in [-0.05, 0) is 49.7 Å². The lowest BCUT2D eigenvalue weighted by Crippen LogP contribution is -2.49. The van der Waals surface area contributed by atoms with E-state index in [0.29, 0.717) is 25.0 Å². The number of carbonyl (C=O) groups excluding carboxylic acids is 2. The van der Waals surface area contributed by atoms with Crippen LogP contribution < -0.4 is 9.64 Å². The van der Waals surface area contributed by atoms with E-state index < -0.39 is 0 Å². The second-order valence-corrected chi connectivity index (χ2v) is 6.59. The highest BCUT2D eigenvalue weighted by molar-refractivity contribution is 5.94. The van der Waals surface area contributed by atoms with Crippen molar-refractivity contribution in [2.75, 3.05) is 37.7 Å². The molecule has 0 saturated carbocycles. The van der Waals surface area contributed by atoms with Crippen molar-refractivity contribution in [1.29, 1.82) is 0 Å². The third-order valence-corrected chi connectivity index (χ3v) is 4.67. The third-order valence-electron chi connectivity index (χ3n) is 4.67. The van der Waals surface area contributed by atoms with Crippen LogP contribution in [0.3, 0.4) is 0 Å². The first-order valence-corrected chi connectivity index (χ1v) is 9.31. The van der Waals surface area contributed by atoms with Crippen LogP contribution in [0.25, 0.3) is 0 Å². The van der Waals surface area contributed by atoms with Gasteiger partial charge in [0, 0.05) is 44.4 Å². The van der Waals surface area contributed by atoms with Crippen molar-refractivity contribution < 1.29 is 14.3 Å². The van der Waals surface area contributed by atoms with Crippen LogP contribution in [0.15, 0.2) is 48.7 Å². The Balaban J connectivity index is 1.36. The van der Waals surface area contributed by atoms with Gasteiger partial charge in [-0.15, -0.1) is 0 Å². The molecule has 2 heterocycles. The van der Waals surface area contributed by atoms with Crippen LogP contribution in [0.5, 0.6) is 5.75 Å². The molecule has 0 radical (unpaired) electrons. The average Bonchev–Trinajstić information content (AvgIpc) is 2.72. The highest BCUT2D eigenvalue weighted by Crippen LogP contribution is 2.15. The maximum Gasteiger partial charge on any atom is 0.222 e. The Kier molecular flexibility index (Phi) is 6.41. The molecular weight excluding hydrogens is 342 g/mol. The van der Waals surface area contributed by atoms with Crippen molar-refractivity contribution >= 4 is 17.5 Å². The van der Waals surface area contributed by atoms with Gasteiger partial charge in [-0.1, -0.05) is 6.07 Å². The standard InChI is InChI=1S/C21H25N3O3/c1-17(25)18-7-9-19(10-8-18)27-16-4-6-21(26)24-14-12-23(13-15-24)20-5-2-3-11-22-20/h2-3,5,7-11H,4,6,12-16H2,1H3. The smallest absolute Gasteiger partial charge is 0.222 e. The summed E-state index contributed by atoms with van der Waals surface area (Å²) >= 11 is 0. The molecule has 0 spiro atoms. The van der Waals surface area contributed by atoms with Crippen molar-refractivity contribution in [2.24, 2.45) is 0 Å². The summed E-state index contributed by atoms with van der Waals surface area (Å²) in [6.07, 6.45) is 2.95. The Labute approximate surface area is 159 Å². The molecular formula is C21H25N3O3. The van der Waals surface area contributed by atoms with E-state index in [-0.39, 0.29) is 11.7 Å². The van der Waals surface area contributed by atoms with Crippen molar-refractivity contribution in [3.8, 4) is 5.75 Å². The Bertz CT molecular complexity index is 754. The zero-order valence-electron chi connectivity index (χ0n) is 15.6. The van der Waals surface area contributed by atoms with Crippen LogP contribution in [0.2, 0.25) is 0 Å². The summed E-state index contributed by atoms with van der Waals surface area (Å²) in [5.74, 6) is 1.90. The summed E-state index contributed by atoms with van der Waals surface area (Å²) in [5.41, 5.74) is 0.669. The van der Waals surface area contributed by atoms with E-state index in [1.165, 1.54) is 6.92 Å². The summed E-state index contributed by atoms with van der Waals surface area (Å²) in [4.78, 5) is 32.1. The molecule has 2 aromatic rings. The molecule has 3 rings (SSSR count). The Morgan fingerprint density at radius 1 is 1.04 bits per heavy atom. The number of piperazine rings is 1. The van der Waals surface area contributed by atoms with Crippen molar-refractivity contribution in [1.82, 2.24) is 9.88 Å². The lowest BCUT2D eigenvalue weighted by atomic mass is 10.1. The van der Waals surface area contributed by atoms with Gasteiger partial charge in [-0.2, -0.15) is 0 Å². The fraction of sp³-hybridized carbons (Fsp3) is 0.381. The molecule has 6 heteroatoms. The molecule has 1 aromatic carbocycles. The predicted molar refractivity (Wildman–Crippen MR) is 104 cm³/mol. The molecule has 0 aliphatic carbocycles. The van der Waals surface area contributed by atoms with E-state index >= 15 is 0 Å². The van der Waals surface area contributed by atoms with Gasteiger partial charge in [0.1, 0.15) is 11.6 Å². The Morgan fingerprint density at radius 3 is 2.41 bits per heavy atom. The number of rotatable bonds is 7. The van der Waals surface area contributed by atoms with Crippen LogP contribution in [0.1, 0.15) is 30.1 Å². The van der Waals surface area contributed by atoms with Crippen LogP contribution in [-0.4, -0.2) is 54.4 Å². The molecule has 1 aliphatic rings. The molecule has 6 nitrogen and oxygen atoms in total. The molecule has 1 aliphatic heterocycles. The fourth-order valence-electron chi connectivity index (χ4n) is 3.08. The van der Waals surface area contributed by atoms with Gasteiger partial charge in [-0.25, -0.2) is 4.98 Å². The van der Waals surface area contributed by atoms with Gasteiger partial charge in [-0.3, -0.25) is 9.59 Å². The van der Waals surface area contributed by atoms with Gasteiger partial charge in [0.05, 0.1) is 6.61 Å². The fourth-order valence-corrected chi connectivity index (χ4v) is 3.08. The summed E-state index contributed by atoms with van der Waals surface area (Å²) in [6.45, 7) is 5.09. The number of anilines is 1. The minimum atomic E-state index is 0.0373. The van der Waals surface area contributed by atoms with Crippen LogP contribution in [0.4, 0.5) is 5.82 Å². The number of aromatic nitrogens is 1. The van der Waals surface area contributed by atoms with E-state index in [1.54, 1.807) is 30.5 Å². The van der Waals surface area contributed by atoms with E-state index in [1.807, 2.05) is 23.1 Å². The SMILES string of the molecule is CC(=O)c1ccc(OCCCC(=O)N2CCN(c3ccccn3)CC2)cc1. The van der Waals surface area contributed by atoms with Crippen LogP contribution in [-0.2, 0) is 4.79 Å². The quantitative estimate of drug-likeness (QED) is 0.556. The number of ketones is 1. The average molecular weight is 367 g/mol. The van der Waals surface area contributed by atoms with Gasteiger partial charge < -0.3 is 14.5 Å². The molecule has 142 valence electrons. The van der Waals surface area contributed by atoms with Crippen LogP contribution in [0, 0.1) is 0 Å². The molecule has 1 fully saturated rings. The first-order chi connectivity index (χ1) is 13.1. The second-order valence-electron chi connectivity index (χ2n) is 6.59. The largest absolute Gasteiger partial charge is 0.494 e. The maximum atomic E-state index is 12.4. The topological polar surface area (TPSA) is 62.7 Å². The molecule has 0 atom stereocenters. The summed E-state index contributed by atoms with van der Waals surface area (Å²) in [6, 6.07) is 13.0. The van der Waals surface area contributed by atoms with Gasteiger partial charge in [0.25, 0.3) is 0 Å². The molecule has 27 heavy (non-hydrogen) atoms. The minimum absolute atomic E-state index is 0.0373. The number of ether oxygens (including phenoxy) is 1. The van der Waals surface area contributed by atoms with Crippen molar-refractivity contribution in [3.63, 3.8) is 0 Å². The zero-order chi connectivity index (χ0) is 19.1. The highest BCUT2D eigenvalue weighted by Gasteiger charge is 2.21. The monoisotopic (exact) mass is 367 g/mol.